The van der Waals surface area contributed by atoms with Gasteiger partial charge in [-0.15, -0.1) is 12.7 Å². The maximum Gasteiger partial charge on any atom is 0 e. The number of hydrogen-bond acceptors (Lipinski definition) is 1. The number of hydrogen-bond donors (Lipinski definition) is 0. The van der Waals surface area contributed by atoms with Crippen LogP contribution < -0.4 is 0 Å². The van der Waals surface area contributed by atoms with Gasteiger partial charge in [0.05, 0.1) is 0 Å². The fraction of sp³-hybridized carbons (Fsp3) is 0.167. The van der Waals surface area contributed by atoms with Gasteiger partial charge in [-0.3, -0.25) is 0 Å². The average molecular weight is 184 g/mol. The topological polar surface area (TPSA) is 17.1 Å². The van der Waals surface area contributed by atoms with Crippen LogP contribution in [0, 0.1) is 0 Å². The minimum absolute atomic E-state index is 0. The van der Waals surface area contributed by atoms with Gasteiger partial charge in [-0.25, -0.2) is 6.08 Å². The van der Waals surface area contributed by atoms with Crippen molar-refractivity contribution in [3.8, 4) is 0 Å². The third kappa shape index (κ3) is 9.54. The summed E-state index contributed by atoms with van der Waals surface area (Å²) in [7, 11) is 0. The largest absolute Gasteiger partial charge is 0.419 e. The molecule has 1 radical (unpaired) electrons. The van der Waals surface area contributed by atoms with E-state index in [9.17, 15) is 4.79 Å². The molecule has 8 heavy (non-hydrogen) atoms. The standard InChI is InChI=1S/C6H7O.Y/c1-2-3-4-5-6-7;/h2,4-5H,1,3H2;/q-1;/b5-4-;. The van der Waals surface area contributed by atoms with Gasteiger partial charge in [0.15, 0.2) is 0 Å². The van der Waals surface area contributed by atoms with Crippen LogP contribution in [-0.4, -0.2) is 6.29 Å². The second-order valence-electron chi connectivity index (χ2n) is 1.04. The summed E-state index contributed by atoms with van der Waals surface area (Å²) in [6.45, 7) is 3.45. The number of carbonyl (C=O) groups excluding carboxylic acids is 1. The fourth-order valence-electron chi connectivity index (χ4n) is 0.212. The Morgan fingerprint density at radius 2 is 2.25 bits per heavy atom. The molecule has 0 N–H and O–H groups in total. The molecule has 0 aliphatic heterocycles. The predicted molar refractivity (Wildman–Crippen MR) is 29.6 cm³/mol. The normalized spacial score (nSPS) is 8.00. The molecule has 0 amide bonds. The summed E-state index contributed by atoms with van der Waals surface area (Å²) in [5.74, 6) is 0. The van der Waals surface area contributed by atoms with Crippen molar-refractivity contribution in [3.05, 3.63) is 24.8 Å². The third-order valence-corrected chi connectivity index (χ3v) is 0.489. The summed E-state index contributed by atoms with van der Waals surface area (Å²) in [4.78, 5) is 9.43. The Morgan fingerprint density at radius 3 is 2.62 bits per heavy atom. The van der Waals surface area contributed by atoms with E-state index in [1.54, 1.807) is 18.4 Å². The van der Waals surface area contributed by atoms with Crippen molar-refractivity contribution in [2.24, 2.45) is 0 Å². The van der Waals surface area contributed by atoms with Gasteiger partial charge < -0.3 is 4.79 Å². The van der Waals surface area contributed by atoms with Gasteiger partial charge in [0.1, 0.15) is 0 Å². The van der Waals surface area contributed by atoms with Crippen LogP contribution in [0.5, 0.6) is 0 Å². The minimum atomic E-state index is 0. The van der Waals surface area contributed by atoms with Crippen LogP contribution in [0.1, 0.15) is 6.42 Å². The van der Waals surface area contributed by atoms with E-state index >= 15 is 0 Å². The third-order valence-electron chi connectivity index (χ3n) is 0.489. The summed E-state index contributed by atoms with van der Waals surface area (Å²) in [6, 6.07) is 0. The molecule has 0 aliphatic rings. The molecular formula is C6H7OY-. The van der Waals surface area contributed by atoms with Crippen molar-refractivity contribution in [1.29, 1.82) is 0 Å². The first-order chi connectivity index (χ1) is 3.41. The SMILES string of the molecule is C=CC/C=C\[C-]=O.[Y]. The summed E-state index contributed by atoms with van der Waals surface area (Å²) < 4.78 is 0. The van der Waals surface area contributed by atoms with E-state index in [2.05, 4.69) is 6.58 Å². The molecule has 0 aromatic heterocycles. The monoisotopic (exact) mass is 184 g/mol. The van der Waals surface area contributed by atoms with Gasteiger partial charge >= 0.3 is 0 Å². The van der Waals surface area contributed by atoms with Gasteiger partial charge in [0.2, 0.25) is 0 Å². The fourth-order valence-corrected chi connectivity index (χ4v) is 0.212. The quantitative estimate of drug-likeness (QED) is 0.366. The molecule has 0 heterocycles. The zero-order chi connectivity index (χ0) is 5.54. The second kappa shape index (κ2) is 10.3. The molecule has 0 rings (SSSR count). The van der Waals surface area contributed by atoms with Crippen molar-refractivity contribution < 1.29 is 37.5 Å². The van der Waals surface area contributed by atoms with Crippen molar-refractivity contribution in [2.45, 2.75) is 6.42 Å². The van der Waals surface area contributed by atoms with E-state index in [1.807, 2.05) is 0 Å². The molecule has 41 valence electrons. The van der Waals surface area contributed by atoms with E-state index in [-0.39, 0.29) is 32.7 Å². The Bertz CT molecular complexity index is 86.5. The van der Waals surface area contributed by atoms with Crippen LogP contribution in [0.2, 0.25) is 0 Å². The summed E-state index contributed by atoms with van der Waals surface area (Å²) in [6.07, 6.45) is 7.12. The Kier molecular flexibility index (Phi) is 14.3. The molecule has 0 atom stereocenters. The first-order valence-corrected chi connectivity index (χ1v) is 2.05. The molecule has 0 saturated heterocycles. The molecule has 0 aliphatic carbocycles. The van der Waals surface area contributed by atoms with Gasteiger partial charge in [0, 0.05) is 32.7 Å². The van der Waals surface area contributed by atoms with Crippen LogP contribution in [0.3, 0.4) is 0 Å². The smallest absolute Gasteiger partial charge is 0 e. The second-order valence-corrected chi connectivity index (χ2v) is 1.04. The molecule has 2 heteroatoms. The van der Waals surface area contributed by atoms with Gasteiger partial charge in [-0.1, -0.05) is 6.42 Å². The summed E-state index contributed by atoms with van der Waals surface area (Å²) in [5, 5.41) is 0. The van der Waals surface area contributed by atoms with Crippen molar-refractivity contribution >= 4 is 6.29 Å². The van der Waals surface area contributed by atoms with Crippen LogP contribution in [0.15, 0.2) is 24.8 Å². The van der Waals surface area contributed by atoms with E-state index in [0.29, 0.717) is 0 Å². The zero-order valence-electron chi connectivity index (χ0n) is 4.63. The van der Waals surface area contributed by atoms with E-state index in [4.69, 9.17) is 0 Å². The summed E-state index contributed by atoms with van der Waals surface area (Å²) in [5.41, 5.74) is 0. The molecule has 0 unspecified atom stereocenters. The van der Waals surface area contributed by atoms with Crippen molar-refractivity contribution in [1.82, 2.24) is 0 Å². The van der Waals surface area contributed by atoms with Crippen LogP contribution >= 0.6 is 0 Å². The van der Waals surface area contributed by atoms with Crippen molar-refractivity contribution in [3.63, 3.8) is 0 Å². The maximum absolute atomic E-state index is 9.43. The molecule has 0 aromatic rings. The first kappa shape index (κ1) is 11.1. The summed E-state index contributed by atoms with van der Waals surface area (Å²) >= 11 is 0. The first-order valence-electron chi connectivity index (χ1n) is 2.05. The van der Waals surface area contributed by atoms with Gasteiger partial charge in [-0.05, 0) is 6.29 Å². The Labute approximate surface area is 74.7 Å². The minimum Gasteiger partial charge on any atom is -0.419 e. The molecular weight excluding hydrogens is 177 g/mol. The average Bonchev–Trinajstić information content (AvgIpc) is 1.69. The van der Waals surface area contributed by atoms with Gasteiger partial charge in [-0.2, -0.15) is 6.08 Å². The molecule has 1 nitrogen and oxygen atoms in total. The van der Waals surface area contributed by atoms with E-state index in [0.717, 1.165) is 6.42 Å². The number of rotatable bonds is 3. The van der Waals surface area contributed by atoms with E-state index < -0.39 is 0 Å². The molecule has 0 aromatic carbocycles. The maximum atomic E-state index is 9.43. The van der Waals surface area contributed by atoms with Crippen LogP contribution in [0.4, 0.5) is 0 Å². The van der Waals surface area contributed by atoms with Crippen LogP contribution in [-0.2, 0) is 37.5 Å². The zero-order valence-corrected chi connectivity index (χ0v) is 7.47. The predicted octanol–water partition coefficient (Wildman–Crippen LogP) is 1.23. The molecule has 0 saturated carbocycles. The Morgan fingerprint density at radius 1 is 1.62 bits per heavy atom. The van der Waals surface area contributed by atoms with Gasteiger partial charge in [0.25, 0.3) is 0 Å². The van der Waals surface area contributed by atoms with Crippen molar-refractivity contribution in [2.75, 3.05) is 0 Å². The Hall–Kier alpha value is 0.254. The Balaban J connectivity index is 0. The number of allylic oxidation sites excluding steroid dienone is 3. The molecule has 0 bridgehead atoms. The molecule has 0 fully saturated rings. The van der Waals surface area contributed by atoms with E-state index in [1.165, 1.54) is 6.08 Å². The molecule has 0 spiro atoms. The van der Waals surface area contributed by atoms with Crippen LogP contribution in [0.25, 0.3) is 0 Å².